The van der Waals surface area contributed by atoms with E-state index in [0.717, 1.165) is 19.3 Å². The lowest BCUT2D eigenvalue weighted by atomic mass is 9.97. The zero-order chi connectivity index (χ0) is 13.7. The summed E-state index contributed by atoms with van der Waals surface area (Å²) in [4.78, 5) is 2.26. The normalized spacial score (nSPS) is 21.2. The molecule has 1 nitrogen and oxygen atoms in total. The highest BCUT2D eigenvalue weighted by Gasteiger charge is 2.35. The molecule has 106 valence electrons. The average Bonchev–Trinajstić information content (AvgIpc) is 2.39. The number of halogens is 2. The fourth-order valence-electron chi connectivity index (χ4n) is 2.85. The predicted octanol–water partition coefficient (Wildman–Crippen LogP) is 4.13. The predicted molar refractivity (Wildman–Crippen MR) is 74.6 cm³/mol. The van der Waals surface area contributed by atoms with Crippen LogP contribution in [0.15, 0.2) is 30.3 Å². The van der Waals surface area contributed by atoms with Gasteiger partial charge in [-0.3, -0.25) is 4.90 Å². The third-order valence-electron chi connectivity index (χ3n) is 3.98. The molecule has 3 heteroatoms. The van der Waals surface area contributed by atoms with E-state index in [9.17, 15) is 8.78 Å². The van der Waals surface area contributed by atoms with Crippen molar-refractivity contribution in [2.45, 2.75) is 51.0 Å². The SMILES string of the molecule is CCCC(Cc1ccccc1)N1CCC(F)(F)CC1. The summed E-state index contributed by atoms with van der Waals surface area (Å²) in [5.74, 6) is -2.44. The first-order chi connectivity index (χ1) is 9.11. The van der Waals surface area contributed by atoms with Gasteiger partial charge >= 0.3 is 0 Å². The van der Waals surface area contributed by atoms with Gasteiger partial charge in [-0.25, -0.2) is 8.78 Å². The number of alkyl halides is 2. The monoisotopic (exact) mass is 267 g/mol. The van der Waals surface area contributed by atoms with E-state index in [1.807, 2.05) is 18.2 Å². The van der Waals surface area contributed by atoms with Crippen molar-refractivity contribution >= 4 is 0 Å². The zero-order valence-electron chi connectivity index (χ0n) is 11.6. The molecule has 1 fully saturated rings. The summed E-state index contributed by atoms with van der Waals surface area (Å²) >= 11 is 0. The fraction of sp³-hybridized carbons (Fsp3) is 0.625. The Morgan fingerprint density at radius 2 is 1.79 bits per heavy atom. The molecule has 0 N–H and O–H groups in total. The van der Waals surface area contributed by atoms with Crippen molar-refractivity contribution in [1.82, 2.24) is 4.90 Å². The first-order valence-corrected chi connectivity index (χ1v) is 7.26. The van der Waals surface area contributed by atoms with Crippen molar-refractivity contribution < 1.29 is 8.78 Å². The van der Waals surface area contributed by atoms with Gasteiger partial charge in [0.05, 0.1) is 0 Å². The largest absolute Gasteiger partial charge is 0.300 e. The van der Waals surface area contributed by atoms with Gasteiger partial charge in [0.2, 0.25) is 0 Å². The highest BCUT2D eigenvalue weighted by atomic mass is 19.3. The van der Waals surface area contributed by atoms with E-state index in [0.29, 0.717) is 19.1 Å². The van der Waals surface area contributed by atoms with E-state index in [1.165, 1.54) is 5.56 Å². The number of hydrogen-bond acceptors (Lipinski definition) is 1. The third-order valence-corrected chi connectivity index (χ3v) is 3.98. The summed E-state index contributed by atoms with van der Waals surface area (Å²) in [6, 6.07) is 10.8. The minimum Gasteiger partial charge on any atom is -0.300 e. The highest BCUT2D eigenvalue weighted by Crippen LogP contribution is 2.29. The molecule has 19 heavy (non-hydrogen) atoms. The molecule has 0 radical (unpaired) electrons. The van der Waals surface area contributed by atoms with Gasteiger partial charge in [-0.15, -0.1) is 0 Å². The molecule has 0 aliphatic carbocycles. The van der Waals surface area contributed by atoms with Gasteiger partial charge < -0.3 is 0 Å². The van der Waals surface area contributed by atoms with Gasteiger partial charge in [-0.2, -0.15) is 0 Å². The molecule has 1 unspecified atom stereocenters. The first-order valence-electron chi connectivity index (χ1n) is 7.26. The Hall–Kier alpha value is -0.960. The van der Waals surface area contributed by atoms with Crippen molar-refractivity contribution in [2.75, 3.05) is 13.1 Å². The second-order valence-corrected chi connectivity index (χ2v) is 5.52. The molecule has 0 saturated carbocycles. The van der Waals surface area contributed by atoms with E-state index < -0.39 is 5.92 Å². The Morgan fingerprint density at radius 1 is 1.16 bits per heavy atom. The molecule has 1 atom stereocenters. The van der Waals surface area contributed by atoms with Crippen LogP contribution in [0.25, 0.3) is 0 Å². The van der Waals surface area contributed by atoms with Crippen LogP contribution in [0.5, 0.6) is 0 Å². The summed E-state index contributed by atoms with van der Waals surface area (Å²) < 4.78 is 26.5. The summed E-state index contributed by atoms with van der Waals surface area (Å²) in [5, 5.41) is 0. The van der Waals surface area contributed by atoms with Crippen LogP contribution in [-0.4, -0.2) is 30.0 Å². The van der Waals surface area contributed by atoms with E-state index in [1.54, 1.807) is 0 Å². The highest BCUT2D eigenvalue weighted by molar-refractivity contribution is 5.16. The summed E-state index contributed by atoms with van der Waals surface area (Å²) in [6.45, 7) is 3.23. The summed E-state index contributed by atoms with van der Waals surface area (Å²) in [6.07, 6.45) is 3.19. The Labute approximate surface area is 114 Å². The van der Waals surface area contributed by atoms with Crippen molar-refractivity contribution in [1.29, 1.82) is 0 Å². The van der Waals surface area contributed by atoms with Gasteiger partial charge in [0.15, 0.2) is 0 Å². The summed E-state index contributed by atoms with van der Waals surface area (Å²) in [5.41, 5.74) is 1.30. The molecule has 0 amide bonds. The molecule has 2 rings (SSSR count). The number of piperidine rings is 1. The van der Waals surface area contributed by atoms with Gasteiger partial charge in [-0.05, 0) is 18.4 Å². The van der Waals surface area contributed by atoms with Crippen molar-refractivity contribution in [2.24, 2.45) is 0 Å². The van der Waals surface area contributed by atoms with E-state index in [2.05, 4.69) is 24.0 Å². The second kappa shape index (κ2) is 6.47. The molecule has 1 heterocycles. The van der Waals surface area contributed by atoms with Crippen LogP contribution >= 0.6 is 0 Å². The van der Waals surface area contributed by atoms with Crippen LogP contribution in [0, 0.1) is 0 Å². The quantitative estimate of drug-likeness (QED) is 0.775. The van der Waals surface area contributed by atoms with Crippen molar-refractivity contribution in [3.8, 4) is 0 Å². The van der Waals surface area contributed by atoms with Gasteiger partial charge in [-0.1, -0.05) is 43.7 Å². The van der Waals surface area contributed by atoms with Crippen molar-refractivity contribution in [3.63, 3.8) is 0 Å². The first kappa shape index (κ1) is 14.4. The number of rotatable bonds is 5. The molecule has 0 aromatic heterocycles. The van der Waals surface area contributed by atoms with E-state index in [4.69, 9.17) is 0 Å². The maximum atomic E-state index is 13.2. The van der Waals surface area contributed by atoms with Crippen LogP contribution in [0.4, 0.5) is 8.78 Å². The fourth-order valence-corrected chi connectivity index (χ4v) is 2.85. The zero-order valence-corrected chi connectivity index (χ0v) is 11.6. The lowest BCUT2D eigenvalue weighted by Crippen LogP contribution is -2.45. The lowest BCUT2D eigenvalue weighted by molar-refractivity contribution is -0.0635. The standard InChI is InChI=1S/C16H23F2N/c1-2-6-15(13-14-7-4-3-5-8-14)19-11-9-16(17,18)10-12-19/h3-5,7-8,15H,2,6,9-13H2,1H3. The van der Waals surface area contributed by atoms with Crippen LogP contribution in [0.1, 0.15) is 38.2 Å². The van der Waals surface area contributed by atoms with Crippen LogP contribution in [-0.2, 0) is 6.42 Å². The molecule has 1 aliphatic rings. The third kappa shape index (κ3) is 4.27. The lowest BCUT2D eigenvalue weighted by Gasteiger charge is -2.37. The maximum Gasteiger partial charge on any atom is 0.250 e. The van der Waals surface area contributed by atoms with E-state index >= 15 is 0 Å². The Kier molecular flexibility index (Phi) is 4.92. The Balaban J connectivity index is 1.96. The van der Waals surface area contributed by atoms with Crippen molar-refractivity contribution in [3.05, 3.63) is 35.9 Å². The van der Waals surface area contributed by atoms with E-state index in [-0.39, 0.29) is 12.8 Å². The smallest absolute Gasteiger partial charge is 0.250 e. The topological polar surface area (TPSA) is 3.24 Å². The minimum atomic E-state index is -2.44. The van der Waals surface area contributed by atoms with Gasteiger partial charge in [0, 0.05) is 32.0 Å². The molecule has 1 aromatic rings. The molecule has 0 bridgehead atoms. The van der Waals surface area contributed by atoms with Crippen LogP contribution in [0.3, 0.4) is 0 Å². The van der Waals surface area contributed by atoms with Crippen LogP contribution < -0.4 is 0 Å². The molecule has 1 aliphatic heterocycles. The minimum absolute atomic E-state index is 0.0159. The molecular formula is C16H23F2N. The average molecular weight is 267 g/mol. The molecular weight excluding hydrogens is 244 g/mol. The number of benzene rings is 1. The molecule has 1 aromatic carbocycles. The number of hydrogen-bond donors (Lipinski definition) is 0. The second-order valence-electron chi connectivity index (χ2n) is 5.52. The van der Waals surface area contributed by atoms with Crippen LogP contribution in [0.2, 0.25) is 0 Å². The maximum absolute atomic E-state index is 13.2. The van der Waals surface area contributed by atoms with Gasteiger partial charge in [0.25, 0.3) is 5.92 Å². The Morgan fingerprint density at radius 3 is 2.37 bits per heavy atom. The Bertz CT molecular complexity index is 368. The number of likely N-dealkylation sites (tertiary alicyclic amines) is 1. The van der Waals surface area contributed by atoms with Gasteiger partial charge in [0.1, 0.15) is 0 Å². The molecule has 1 saturated heterocycles. The number of nitrogens with zero attached hydrogens (tertiary/aromatic N) is 1. The summed E-state index contributed by atoms with van der Waals surface area (Å²) in [7, 11) is 0. The molecule has 0 spiro atoms.